The van der Waals surface area contributed by atoms with Crippen LogP contribution in [-0.4, -0.2) is 41.4 Å². The van der Waals surface area contributed by atoms with Gasteiger partial charge < -0.3 is 9.64 Å². The monoisotopic (exact) mass is 353 g/mol. The molecule has 1 aromatic carbocycles. The molecular weight excluding hydrogens is 338 g/mol. The minimum atomic E-state index is -0.868. The standard InChI is InChI=1S/C15H16ClN3O5/c1-3-18(8-10(2)7-17)14(20)9-24-15(21)11-4-5-12(16)13(6-11)19(22)23/h4-6,10H,3,8-9H2,1-2H3/t10-/m1/s1. The fraction of sp³-hybridized carbons (Fsp3) is 0.400. The Bertz CT molecular complexity index is 686. The van der Waals surface area contributed by atoms with Gasteiger partial charge in [-0.05, 0) is 26.0 Å². The molecule has 0 aliphatic rings. The Morgan fingerprint density at radius 3 is 2.71 bits per heavy atom. The lowest BCUT2D eigenvalue weighted by molar-refractivity contribution is -0.384. The van der Waals surface area contributed by atoms with Crippen LogP contribution in [-0.2, 0) is 9.53 Å². The minimum Gasteiger partial charge on any atom is -0.452 e. The maximum Gasteiger partial charge on any atom is 0.338 e. The lowest BCUT2D eigenvalue weighted by Crippen LogP contribution is -2.37. The quantitative estimate of drug-likeness (QED) is 0.422. The van der Waals surface area contributed by atoms with Crippen LogP contribution in [0.5, 0.6) is 0 Å². The first-order chi connectivity index (χ1) is 11.3. The number of hydrogen-bond acceptors (Lipinski definition) is 6. The van der Waals surface area contributed by atoms with Crippen molar-refractivity contribution >= 4 is 29.2 Å². The average molecular weight is 354 g/mol. The molecule has 8 nitrogen and oxygen atoms in total. The van der Waals surface area contributed by atoms with E-state index in [4.69, 9.17) is 21.6 Å². The number of nitro groups is 1. The molecule has 1 atom stereocenters. The normalized spacial score (nSPS) is 11.2. The van der Waals surface area contributed by atoms with E-state index in [1.54, 1.807) is 13.8 Å². The predicted molar refractivity (Wildman–Crippen MR) is 85.4 cm³/mol. The van der Waals surface area contributed by atoms with E-state index in [0.717, 1.165) is 6.07 Å². The van der Waals surface area contributed by atoms with Crippen LogP contribution in [0, 0.1) is 27.4 Å². The first-order valence-corrected chi connectivity index (χ1v) is 7.46. The molecule has 0 saturated heterocycles. The van der Waals surface area contributed by atoms with E-state index in [9.17, 15) is 19.7 Å². The number of halogens is 1. The van der Waals surface area contributed by atoms with Crippen LogP contribution in [0.4, 0.5) is 5.69 Å². The molecule has 1 aromatic rings. The zero-order valence-electron chi connectivity index (χ0n) is 13.2. The number of esters is 1. The Labute approximate surface area is 143 Å². The number of nitrogens with zero attached hydrogens (tertiary/aromatic N) is 3. The van der Waals surface area contributed by atoms with Gasteiger partial charge in [-0.2, -0.15) is 5.26 Å². The third-order valence-electron chi connectivity index (χ3n) is 3.15. The number of nitro benzene ring substituents is 1. The van der Waals surface area contributed by atoms with Gasteiger partial charge in [0.2, 0.25) is 0 Å². The zero-order chi connectivity index (χ0) is 18.3. The summed E-state index contributed by atoms with van der Waals surface area (Å²) in [7, 11) is 0. The van der Waals surface area contributed by atoms with Crippen molar-refractivity contribution in [1.82, 2.24) is 4.90 Å². The molecule has 128 valence electrons. The molecule has 0 N–H and O–H groups in total. The molecule has 0 bridgehead atoms. The molecular formula is C15H16ClN3O5. The van der Waals surface area contributed by atoms with Crippen LogP contribution in [0.25, 0.3) is 0 Å². The second-order valence-electron chi connectivity index (χ2n) is 4.96. The number of carbonyl (C=O) groups excluding carboxylic acids is 2. The van der Waals surface area contributed by atoms with Gasteiger partial charge in [0.15, 0.2) is 6.61 Å². The fourth-order valence-electron chi connectivity index (χ4n) is 1.86. The molecule has 9 heteroatoms. The van der Waals surface area contributed by atoms with Crippen molar-refractivity contribution in [3.05, 3.63) is 38.9 Å². The SMILES string of the molecule is CCN(C[C@H](C)C#N)C(=O)COC(=O)c1ccc(Cl)c([N+](=O)[O-])c1. The molecule has 1 rings (SSSR count). The third-order valence-corrected chi connectivity index (χ3v) is 3.47. The van der Waals surface area contributed by atoms with E-state index in [-0.39, 0.29) is 23.0 Å². The molecule has 0 aliphatic carbocycles. The third kappa shape index (κ3) is 5.21. The number of benzene rings is 1. The van der Waals surface area contributed by atoms with Crippen LogP contribution in [0.1, 0.15) is 24.2 Å². The molecule has 24 heavy (non-hydrogen) atoms. The number of amides is 1. The Morgan fingerprint density at radius 1 is 1.50 bits per heavy atom. The number of nitriles is 1. The summed E-state index contributed by atoms with van der Waals surface area (Å²) in [6.07, 6.45) is 0. The van der Waals surface area contributed by atoms with Gasteiger partial charge in [-0.1, -0.05) is 11.6 Å². The van der Waals surface area contributed by atoms with Crippen molar-refractivity contribution in [2.75, 3.05) is 19.7 Å². The number of rotatable bonds is 7. The van der Waals surface area contributed by atoms with Gasteiger partial charge in [-0.25, -0.2) is 4.79 Å². The van der Waals surface area contributed by atoms with Gasteiger partial charge in [0.05, 0.1) is 22.5 Å². The summed E-state index contributed by atoms with van der Waals surface area (Å²) in [5, 5.41) is 19.5. The first-order valence-electron chi connectivity index (χ1n) is 7.08. The van der Waals surface area contributed by atoms with Crippen molar-refractivity contribution in [3.8, 4) is 6.07 Å². The highest BCUT2D eigenvalue weighted by atomic mass is 35.5. The topological polar surface area (TPSA) is 114 Å². The highest BCUT2D eigenvalue weighted by Gasteiger charge is 2.20. The summed E-state index contributed by atoms with van der Waals surface area (Å²) >= 11 is 5.67. The van der Waals surface area contributed by atoms with Crippen LogP contribution < -0.4 is 0 Å². The maximum atomic E-state index is 12.0. The molecule has 0 aliphatic heterocycles. The van der Waals surface area contributed by atoms with Crippen molar-refractivity contribution in [2.45, 2.75) is 13.8 Å². The number of hydrogen-bond donors (Lipinski definition) is 0. The molecule has 0 aromatic heterocycles. The summed E-state index contributed by atoms with van der Waals surface area (Å²) in [6, 6.07) is 5.50. The molecule has 0 fully saturated rings. The highest BCUT2D eigenvalue weighted by molar-refractivity contribution is 6.32. The largest absolute Gasteiger partial charge is 0.452 e. The van der Waals surface area contributed by atoms with Crippen molar-refractivity contribution in [2.24, 2.45) is 5.92 Å². The summed E-state index contributed by atoms with van der Waals surface area (Å²) in [5.74, 6) is -1.66. The smallest absolute Gasteiger partial charge is 0.338 e. The molecule has 0 saturated carbocycles. The van der Waals surface area contributed by atoms with E-state index >= 15 is 0 Å². The number of ether oxygens (including phenoxy) is 1. The van der Waals surface area contributed by atoms with Crippen molar-refractivity contribution in [1.29, 1.82) is 5.26 Å². The van der Waals surface area contributed by atoms with Crippen LogP contribution >= 0.6 is 11.6 Å². The molecule has 0 heterocycles. The number of likely N-dealkylation sites (N-methyl/N-ethyl adjacent to an activating group) is 1. The summed E-state index contributed by atoms with van der Waals surface area (Å²) in [6.45, 7) is 3.51. The van der Waals surface area contributed by atoms with E-state index in [2.05, 4.69) is 0 Å². The average Bonchev–Trinajstić information content (AvgIpc) is 2.56. The lowest BCUT2D eigenvalue weighted by atomic mass is 10.2. The Hall–Kier alpha value is -2.66. The van der Waals surface area contributed by atoms with E-state index < -0.39 is 29.1 Å². The minimum absolute atomic E-state index is 0.0765. The van der Waals surface area contributed by atoms with Crippen LogP contribution in [0.2, 0.25) is 5.02 Å². The van der Waals surface area contributed by atoms with Gasteiger partial charge in [-0.15, -0.1) is 0 Å². The van der Waals surface area contributed by atoms with Crippen molar-refractivity contribution < 1.29 is 19.2 Å². The van der Waals surface area contributed by atoms with E-state index in [1.807, 2.05) is 6.07 Å². The highest BCUT2D eigenvalue weighted by Crippen LogP contribution is 2.25. The van der Waals surface area contributed by atoms with Gasteiger partial charge in [0.1, 0.15) is 5.02 Å². The van der Waals surface area contributed by atoms with Crippen LogP contribution in [0.3, 0.4) is 0 Å². The summed E-state index contributed by atoms with van der Waals surface area (Å²) in [4.78, 5) is 35.4. The van der Waals surface area contributed by atoms with Gasteiger partial charge >= 0.3 is 5.97 Å². The molecule has 0 unspecified atom stereocenters. The second kappa shape index (κ2) is 8.84. The Morgan fingerprint density at radius 2 is 2.17 bits per heavy atom. The number of carbonyl (C=O) groups is 2. The molecule has 1 amide bonds. The Kier molecular flexibility index (Phi) is 7.14. The lowest BCUT2D eigenvalue weighted by Gasteiger charge is -2.21. The van der Waals surface area contributed by atoms with Gasteiger partial charge in [0.25, 0.3) is 11.6 Å². The van der Waals surface area contributed by atoms with Gasteiger partial charge in [-0.3, -0.25) is 14.9 Å². The fourth-order valence-corrected chi connectivity index (χ4v) is 2.05. The van der Waals surface area contributed by atoms with E-state index in [1.165, 1.54) is 17.0 Å². The molecule has 0 spiro atoms. The van der Waals surface area contributed by atoms with Gasteiger partial charge in [0, 0.05) is 19.2 Å². The van der Waals surface area contributed by atoms with Crippen molar-refractivity contribution in [3.63, 3.8) is 0 Å². The predicted octanol–water partition coefficient (Wildman–Crippen LogP) is 2.41. The summed E-state index contributed by atoms with van der Waals surface area (Å²) in [5.41, 5.74) is -0.497. The second-order valence-corrected chi connectivity index (χ2v) is 5.37. The van der Waals surface area contributed by atoms with E-state index in [0.29, 0.717) is 6.54 Å². The Balaban J connectivity index is 2.72. The maximum absolute atomic E-state index is 12.0. The first kappa shape index (κ1) is 19.4. The molecule has 0 radical (unpaired) electrons. The zero-order valence-corrected chi connectivity index (χ0v) is 13.9. The van der Waals surface area contributed by atoms with Crippen LogP contribution in [0.15, 0.2) is 18.2 Å². The summed E-state index contributed by atoms with van der Waals surface area (Å²) < 4.78 is 4.88.